The van der Waals surface area contributed by atoms with Crippen LogP contribution in [0.4, 0.5) is 0 Å². The molecule has 1 saturated heterocycles. The Morgan fingerprint density at radius 3 is 2.35 bits per heavy atom. The first-order valence-corrected chi connectivity index (χ1v) is 13.8. The van der Waals surface area contributed by atoms with Gasteiger partial charge in [-0.05, 0) is 94.9 Å². The van der Waals surface area contributed by atoms with Crippen LogP contribution >= 0.6 is 15.9 Å². The molecule has 1 aliphatic rings. The average molecular weight is 529 g/mol. The number of piperidine rings is 1. The first-order chi connectivity index (χ1) is 16.5. The Morgan fingerprint density at radius 2 is 1.74 bits per heavy atom. The van der Waals surface area contributed by atoms with Crippen molar-refractivity contribution in [3.05, 3.63) is 69.8 Å². The van der Waals surface area contributed by atoms with Gasteiger partial charge in [0.15, 0.2) is 11.6 Å². The minimum atomic E-state index is 0.172. The number of carbonyl (C=O) groups is 2. The molecule has 3 nitrogen and oxygen atoms in total. The van der Waals surface area contributed by atoms with Crippen molar-refractivity contribution < 1.29 is 9.59 Å². The van der Waals surface area contributed by atoms with Gasteiger partial charge >= 0.3 is 0 Å². The summed E-state index contributed by atoms with van der Waals surface area (Å²) in [6.45, 7) is 8.99. The summed E-state index contributed by atoms with van der Waals surface area (Å²) in [4.78, 5) is 27.4. The number of allylic oxidation sites excluding steroid dienone is 6. The zero-order valence-corrected chi connectivity index (χ0v) is 22.9. The lowest BCUT2D eigenvalue weighted by Crippen LogP contribution is -2.36. The predicted octanol–water partition coefficient (Wildman–Crippen LogP) is 8.07. The van der Waals surface area contributed by atoms with E-state index in [2.05, 4.69) is 46.0 Å². The standard InChI is InChI=1S/C30H42BrNO2/c1-4-25(16-13-17-28(31)5-2)29(24(3)33)18-11-6-7-12-21-32-22-19-27(20-23-32)30(34)26-14-9-8-10-15-26/h5,8-10,14-16,18,27H,4,6-7,11-13,17,19-23H2,1-3H3/b25-16+,28-5+,29-18-. The average Bonchev–Trinajstić information content (AvgIpc) is 2.86. The lowest BCUT2D eigenvalue weighted by atomic mass is 9.89. The van der Waals surface area contributed by atoms with Crippen LogP contribution in [-0.4, -0.2) is 36.1 Å². The topological polar surface area (TPSA) is 37.4 Å². The van der Waals surface area contributed by atoms with E-state index in [1.165, 1.54) is 22.9 Å². The van der Waals surface area contributed by atoms with Crippen molar-refractivity contribution in [3.63, 3.8) is 0 Å². The lowest BCUT2D eigenvalue weighted by Gasteiger charge is -2.31. The van der Waals surface area contributed by atoms with E-state index in [-0.39, 0.29) is 11.7 Å². The van der Waals surface area contributed by atoms with Crippen molar-refractivity contribution in [2.24, 2.45) is 5.92 Å². The van der Waals surface area contributed by atoms with Crippen molar-refractivity contribution >= 4 is 27.5 Å². The first-order valence-electron chi connectivity index (χ1n) is 13.0. The van der Waals surface area contributed by atoms with Gasteiger partial charge in [0, 0.05) is 17.1 Å². The van der Waals surface area contributed by atoms with E-state index in [4.69, 9.17) is 0 Å². The van der Waals surface area contributed by atoms with Gasteiger partial charge in [0.2, 0.25) is 0 Å². The zero-order valence-electron chi connectivity index (χ0n) is 21.3. The molecule has 0 spiro atoms. The molecule has 0 saturated carbocycles. The molecule has 4 heteroatoms. The molecule has 1 heterocycles. The van der Waals surface area contributed by atoms with Crippen molar-refractivity contribution in [2.45, 2.75) is 78.6 Å². The van der Waals surface area contributed by atoms with Crippen LogP contribution in [0.1, 0.15) is 88.9 Å². The number of halogens is 1. The molecular weight excluding hydrogens is 486 g/mol. The second kappa shape index (κ2) is 16.0. The van der Waals surface area contributed by atoms with Crippen molar-refractivity contribution in [3.8, 4) is 0 Å². The summed E-state index contributed by atoms with van der Waals surface area (Å²) in [5.41, 5.74) is 2.94. The second-order valence-electron chi connectivity index (χ2n) is 9.23. The summed E-state index contributed by atoms with van der Waals surface area (Å²) in [6.07, 6.45) is 15.6. The normalized spacial score (nSPS) is 16.6. The number of nitrogens with zero attached hydrogens (tertiary/aromatic N) is 1. The molecule has 0 N–H and O–H groups in total. The smallest absolute Gasteiger partial charge is 0.166 e. The molecule has 0 bridgehead atoms. The minimum Gasteiger partial charge on any atom is -0.303 e. The highest BCUT2D eigenvalue weighted by atomic mass is 79.9. The van der Waals surface area contributed by atoms with Gasteiger partial charge in [-0.15, -0.1) is 0 Å². The monoisotopic (exact) mass is 527 g/mol. The summed E-state index contributed by atoms with van der Waals surface area (Å²) in [6, 6.07) is 9.72. The van der Waals surface area contributed by atoms with Gasteiger partial charge in [0.25, 0.3) is 0 Å². The van der Waals surface area contributed by atoms with Crippen LogP contribution in [0, 0.1) is 5.92 Å². The van der Waals surface area contributed by atoms with Gasteiger partial charge in [-0.1, -0.05) is 77.8 Å². The van der Waals surface area contributed by atoms with Crippen molar-refractivity contribution in [1.82, 2.24) is 4.90 Å². The highest BCUT2D eigenvalue weighted by molar-refractivity contribution is 9.11. The molecule has 1 aliphatic heterocycles. The van der Waals surface area contributed by atoms with E-state index in [0.29, 0.717) is 5.78 Å². The number of benzene rings is 1. The molecule has 0 aliphatic carbocycles. The molecule has 0 amide bonds. The molecule has 0 unspecified atom stereocenters. The third kappa shape index (κ3) is 9.84. The maximum Gasteiger partial charge on any atom is 0.166 e. The fraction of sp³-hybridized carbons (Fsp3) is 0.533. The van der Waals surface area contributed by atoms with Gasteiger partial charge in [-0.3, -0.25) is 9.59 Å². The summed E-state index contributed by atoms with van der Waals surface area (Å²) >= 11 is 3.56. The van der Waals surface area contributed by atoms with E-state index in [1.807, 2.05) is 37.3 Å². The maximum absolute atomic E-state index is 12.7. The summed E-state index contributed by atoms with van der Waals surface area (Å²) < 4.78 is 1.21. The van der Waals surface area contributed by atoms with Gasteiger partial charge in [-0.2, -0.15) is 0 Å². The SMILES string of the molecule is C/C=C(/Br)CC/C=C(CC)/C(=C\CCCCCN1CCC(C(=O)c2ccccc2)CC1)C(C)=O. The molecule has 34 heavy (non-hydrogen) atoms. The largest absolute Gasteiger partial charge is 0.303 e. The highest BCUT2D eigenvalue weighted by Gasteiger charge is 2.25. The van der Waals surface area contributed by atoms with Crippen LogP contribution in [0.2, 0.25) is 0 Å². The second-order valence-corrected chi connectivity index (χ2v) is 10.2. The third-order valence-electron chi connectivity index (χ3n) is 6.74. The Bertz CT molecular complexity index is 861. The number of likely N-dealkylation sites (tertiary alicyclic amines) is 1. The zero-order chi connectivity index (χ0) is 24.8. The van der Waals surface area contributed by atoms with E-state index in [9.17, 15) is 9.59 Å². The number of hydrogen-bond acceptors (Lipinski definition) is 3. The molecule has 1 aromatic rings. The van der Waals surface area contributed by atoms with Crippen LogP contribution < -0.4 is 0 Å². The van der Waals surface area contributed by atoms with Crippen LogP contribution in [0.5, 0.6) is 0 Å². The van der Waals surface area contributed by atoms with Crippen LogP contribution in [-0.2, 0) is 4.79 Å². The minimum absolute atomic E-state index is 0.172. The molecule has 0 atom stereocenters. The number of unbranched alkanes of at least 4 members (excludes halogenated alkanes) is 3. The Morgan fingerprint density at radius 1 is 1.03 bits per heavy atom. The Hall–Kier alpha value is -1.78. The van der Waals surface area contributed by atoms with Crippen molar-refractivity contribution in [2.75, 3.05) is 19.6 Å². The number of carbonyl (C=O) groups excluding carboxylic acids is 2. The van der Waals surface area contributed by atoms with Crippen LogP contribution in [0.3, 0.4) is 0 Å². The quantitative estimate of drug-likeness (QED) is 0.106. The van der Waals surface area contributed by atoms with Gasteiger partial charge in [0.05, 0.1) is 0 Å². The van der Waals surface area contributed by atoms with Gasteiger partial charge in [-0.25, -0.2) is 0 Å². The first kappa shape index (κ1) is 28.5. The maximum atomic E-state index is 12.7. The predicted molar refractivity (Wildman–Crippen MR) is 147 cm³/mol. The number of Topliss-reactive ketones (excluding diaryl/α,β-unsaturated/α-hetero) is 2. The molecule has 186 valence electrons. The summed E-state index contributed by atoms with van der Waals surface area (Å²) in [5, 5.41) is 0. The lowest BCUT2D eigenvalue weighted by molar-refractivity contribution is -0.113. The number of ketones is 2. The molecular formula is C30H42BrNO2. The fourth-order valence-electron chi connectivity index (χ4n) is 4.63. The number of rotatable bonds is 14. The van der Waals surface area contributed by atoms with Crippen LogP contribution in [0.25, 0.3) is 0 Å². The molecule has 1 aromatic carbocycles. The summed E-state index contributed by atoms with van der Waals surface area (Å²) in [5.74, 6) is 0.656. The van der Waals surface area contributed by atoms with E-state index < -0.39 is 0 Å². The Kier molecular flexibility index (Phi) is 13.4. The summed E-state index contributed by atoms with van der Waals surface area (Å²) in [7, 11) is 0. The molecule has 2 rings (SSSR count). The van der Waals surface area contributed by atoms with E-state index in [0.717, 1.165) is 75.7 Å². The van der Waals surface area contributed by atoms with Crippen molar-refractivity contribution in [1.29, 1.82) is 0 Å². The highest BCUT2D eigenvalue weighted by Crippen LogP contribution is 2.23. The fourth-order valence-corrected chi connectivity index (χ4v) is 4.86. The molecule has 1 fully saturated rings. The van der Waals surface area contributed by atoms with Gasteiger partial charge in [0.1, 0.15) is 0 Å². The van der Waals surface area contributed by atoms with Crippen LogP contribution in [0.15, 0.2) is 64.2 Å². The number of hydrogen-bond donors (Lipinski definition) is 0. The Balaban J connectivity index is 1.69. The Labute approximate surface area is 215 Å². The molecule has 0 aromatic heterocycles. The van der Waals surface area contributed by atoms with E-state index >= 15 is 0 Å². The third-order valence-corrected chi connectivity index (χ3v) is 7.59. The van der Waals surface area contributed by atoms with Gasteiger partial charge < -0.3 is 4.90 Å². The van der Waals surface area contributed by atoms with E-state index in [1.54, 1.807) is 6.92 Å². The molecule has 0 radical (unpaired) electrons.